The molecule has 0 amide bonds. The smallest absolute Gasteiger partial charge is 0.356 e. The van der Waals surface area contributed by atoms with Gasteiger partial charge in [-0.2, -0.15) is 0 Å². The molecule has 2 rings (SSSR count). The lowest BCUT2D eigenvalue weighted by Crippen LogP contribution is -2.09. The molecule has 0 aliphatic carbocycles. The van der Waals surface area contributed by atoms with E-state index in [1.807, 2.05) is 6.92 Å². The third-order valence-corrected chi connectivity index (χ3v) is 3.80. The third-order valence-electron chi connectivity index (χ3n) is 2.95. The normalized spacial score (nSPS) is 12.2. The van der Waals surface area contributed by atoms with Crippen LogP contribution in [-0.4, -0.2) is 33.3 Å². The molecule has 0 spiro atoms. The molecule has 1 heterocycles. The highest BCUT2D eigenvalue weighted by Crippen LogP contribution is 2.34. The second-order valence-electron chi connectivity index (χ2n) is 4.22. The largest absolute Gasteiger partial charge is 0.496 e. The van der Waals surface area contributed by atoms with Gasteiger partial charge >= 0.3 is 5.97 Å². The van der Waals surface area contributed by atoms with Gasteiger partial charge in [-0.1, -0.05) is 15.9 Å². The topological polar surface area (TPSA) is 95.4 Å². The van der Waals surface area contributed by atoms with Crippen LogP contribution in [0.5, 0.6) is 5.75 Å². The van der Waals surface area contributed by atoms with E-state index in [0.29, 0.717) is 11.3 Å². The van der Waals surface area contributed by atoms with Crippen molar-refractivity contribution in [2.45, 2.75) is 13.0 Å². The molecule has 1 aromatic carbocycles. The number of aromatic carboxylic acids is 1. The van der Waals surface area contributed by atoms with E-state index in [1.54, 1.807) is 12.1 Å². The molecule has 0 fully saturated rings. The fraction of sp³-hybridized carbons (Fsp3) is 0.231. The number of nitrogens with zero attached hydrogens (tertiary/aromatic N) is 1. The van der Waals surface area contributed by atoms with Gasteiger partial charge in [-0.3, -0.25) is 0 Å². The maximum absolute atomic E-state index is 11.1. The van der Waals surface area contributed by atoms with Crippen molar-refractivity contribution in [3.63, 3.8) is 0 Å². The zero-order valence-electron chi connectivity index (χ0n) is 10.8. The van der Waals surface area contributed by atoms with Crippen LogP contribution in [0, 0.1) is 6.92 Å². The molecule has 0 saturated carbocycles. The van der Waals surface area contributed by atoms with Gasteiger partial charge in [0.1, 0.15) is 11.9 Å². The average Bonchev–Trinajstić information content (AvgIpc) is 2.90. The summed E-state index contributed by atoms with van der Waals surface area (Å²) in [4.78, 5) is 17.4. The number of nitrogens with one attached hydrogen (secondary N) is 1. The molecule has 0 radical (unpaired) electrons. The van der Waals surface area contributed by atoms with Gasteiger partial charge in [0.25, 0.3) is 0 Å². The molecule has 7 heteroatoms. The number of carboxylic acid groups (broad SMARTS) is 1. The minimum atomic E-state index is -1.20. The number of carboxylic acids is 1. The standard InChI is InChI=1S/C13H13BrN2O4/c1-6-3-9(20-2)7(4-8(6)14)12(17)10-11(13(18)19)16-5-15-10/h3-5,12,17H,1-2H3,(H,15,16)(H,18,19). The molecule has 0 saturated heterocycles. The van der Waals surface area contributed by atoms with Crippen LogP contribution in [0.4, 0.5) is 0 Å². The van der Waals surface area contributed by atoms with Crippen molar-refractivity contribution in [2.75, 3.05) is 7.11 Å². The van der Waals surface area contributed by atoms with Gasteiger partial charge in [-0.05, 0) is 24.6 Å². The number of aromatic nitrogens is 2. The van der Waals surface area contributed by atoms with E-state index in [1.165, 1.54) is 13.4 Å². The van der Waals surface area contributed by atoms with E-state index >= 15 is 0 Å². The molecule has 1 atom stereocenters. The minimum Gasteiger partial charge on any atom is -0.496 e. The highest BCUT2D eigenvalue weighted by atomic mass is 79.9. The van der Waals surface area contributed by atoms with Crippen molar-refractivity contribution in [1.29, 1.82) is 0 Å². The first-order valence-electron chi connectivity index (χ1n) is 5.74. The van der Waals surface area contributed by atoms with Gasteiger partial charge in [0.05, 0.1) is 19.1 Å². The van der Waals surface area contributed by atoms with Crippen LogP contribution in [0.15, 0.2) is 22.9 Å². The molecule has 0 bridgehead atoms. The van der Waals surface area contributed by atoms with E-state index in [4.69, 9.17) is 9.84 Å². The highest BCUT2D eigenvalue weighted by Gasteiger charge is 2.24. The summed E-state index contributed by atoms with van der Waals surface area (Å²) in [6.45, 7) is 1.89. The van der Waals surface area contributed by atoms with Gasteiger partial charge < -0.3 is 19.9 Å². The second kappa shape index (κ2) is 5.64. The Labute approximate surface area is 123 Å². The quantitative estimate of drug-likeness (QED) is 0.793. The van der Waals surface area contributed by atoms with Crippen molar-refractivity contribution in [1.82, 2.24) is 9.97 Å². The zero-order chi connectivity index (χ0) is 14.9. The number of aryl methyl sites for hydroxylation is 1. The molecule has 0 aliphatic rings. The van der Waals surface area contributed by atoms with Gasteiger partial charge in [-0.15, -0.1) is 0 Å². The summed E-state index contributed by atoms with van der Waals surface area (Å²) in [5, 5.41) is 19.4. The van der Waals surface area contributed by atoms with Crippen molar-refractivity contribution < 1.29 is 19.7 Å². The maximum Gasteiger partial charge on any atom is 0.356 e. The zero-order valence-corrected chi connectivity index (χ0v) is 12.4. The number of rotatable bonds is 4. The monoisotopic (exact) mass is 340 g/mol. The molecule has 6 nitrogen and oxygen atoms in total. The number of methoxy groups -OCH3 is 1. The van der Waals surface area contributed by atoms with E-state index in [2.05, 4.69) is 25.9 Å². The Morgan fingerprint density at radius 3 is 2.80 bits per heavy atom. The Bertz CT molecular complexity index is 654. The Balaban J connectivity index is 2.53. The average molecular weight is 341 g/mol. The van der Waals surface area contributed by atoms with Gasteiger partial charge in [0.2, 0.25) is 0 Å². The summed E-state index contributed by atoms with van der Waals surface area (Å²) in [7, 11) is 1.49. The highest BCUT2D eigenvalue weighted by molar-refractivity contribution is 9.10. The van der Waals surface area contributed by atoms with Gasteiger partial charge in [0, 0.05) is 10.0 Å². The summed E-state index contributed by atoms with van der Waals surface area (Å²) in [5.41, 5.74) is 1.31. The Morgan fingerprint density at radius 1 is 1.50 bits per heavy atom. The molecule has 1 unspecified atom stereocenters. The molecular weight excluding hydrogens is 328 g/mol. The number of aliphatic hydroxyl groups excluding tert-OH is 1. The third kappa shape index (κ3) is 2.54. The summed E-state index contributed by atoms with van der Waals surface area (Å²) in [6, 6.07) is 3.46. The van der Waals surface area contributed by atoms with Crippen LogP contribution in [0.1, 0.15) is 33.4 Å². The van der Waals surface area contributed by atoms with E-state index < -0.39 is 12.1 Å². The van der Waals surface area contributed by atoms with Crippen LogP contribution in [-0.2, 0) is 0 Å². The van der Waals surface area contributed by atoms with E-state index in [-0.39, 0.29) is 11.4 Å². The summed E-state index contributed by atoms with van der Waals surface area (Å²) in [6.07, 6.45) is 0.0630. The number of benzene rings is 1. The fourth-order valence-corrected chi connectivity index (χ4v) is 2.26. The molecule has 1 aromatic heterocycles. The molecule has 20 heavy (non-hydrogen) atoms. The predicted octanol–water partition coefficient (Wildman–Crippen LogP) is 2.27. The first-order chi connectivity index (χ1) is 9.45. The van der Waals surface area contributed by atoms with Crippen molar-refractivity contribution in [3.8, 4) is 5.75 Å². The number of aliphatic hydroxyl groups is 1. The predicted molar refractivity (Wildman–Crippen MR) is 75.0 cm³/mol. The first kappa shape index (κ1) is 14.5. The molecule has 0 aliphatic heterocycles. The number of hydrogen-bond donors (Lipinski definition) is 3. The first-order valence-corrected chi connectivity index (χ1v) is 6.53. The maximum atomic E-state index is 11.1. The van der Waals surface area contributed by atoms with Crippen LogP contribution >= 0.6 is 15.9 Å². The van der Waals surface area contributed by atoms with Crippen molar-refractivity contribution in [2.24, 2.45) is 0 Å². The molecule has 2 aromatic rings. The Kier molecular flexibility index (Phi) is 4.10. The van der Waals surface area contributed by atoms with Gasteiger partial charge in [0.15, 0.2) is 5.69 Å². The number of imidazole rings is 1. The molecule has 3 N–H and O–H groups in total. The number of hydrogen-bond acceptors (Lipinski definition) is 4. The lowest BCUT2D eigenvalue weighted by Gasteiger charge is -2.16. The molecular formula is C13H13BrN2O4. The van der Waals surface area contributed by atoms with E-state index in [0.717, 1.165) is 10.0 Å². The SMILES string of the molecule is COc1cc(C)c(Br)cc1C(O)c1[nH]cnc1C(=O)O. The summed E-state index contributed by atoms with van der Waals surface area (Å²) in [5.74, 6) is -0.727. The Hall–Kier alpha value is -1.86. The summed E-state index contributed by atoms with van der Waals surface area (Å²) >= 11 is 3.38. The van der Waals surface area contributed by atoms with Crippen molar-refractivity contribution >= 4 is 21.9 Å². The molecule has 106 valence electrons. The lowest BCUT2D eigenvalue weighted by molar-refractivity contribution is 0.0685. The number of H-pyrrole nitrogens is 1. The van der Waals surface area contributed by atoms with Crippen LogP contribution in [0.25, 0.3) is 0 Å². The fourth-order valence-electron chi connectivity index (χ4n) is 1.90. The number of carbonyl (C=O) groups is 1. The van der Waals surface area contributed by atoms with Crippen LogP contribution < -0.4 is 4.74 Å². The Morgan fingerprint density at radius 2 is 2.20 bits per heavy atom. The second-order valence-corrected chi connectivity index (χ2v) is 5.07. The van der Waals surface area contributed by atoms with Gasteiger partial charge in [-0.25, -0.2) is 9.78 Å². The number of aromatic amines is 1. The number of ether oxygens (including phenoxy) is 1. The minimum absolute atomic E-state index is 0.117. The van der Waals surface area contributed by atoms with Crippen molar-refractivity contribution in [3.05, 3.63) is 45.4 Å². The number of halogens is 1. The van der Waals surface area contributed by atoms with Crippen LogP contribution in [0.3, 0.4) is 0 Å². The summed E-state index contributed by atoms with van der Waals surface area (Å²) < 4.78 is 6.03. The lowest BCUT2D eigenvalue weighted by atomic mass is 10.0. The van der Waals surface area contributed by atoms with E-state index in [9.17, 15) is 9.90 Å². The van der Waals surface area contributed by atoms with Crippen LogP contribution in [0.2, 0.25) is 0 Å².